The highest BCUT2D eigenvalue weighted by molar-refractivity contribution is 7.80. The van der Waals surface area contributed by atoms with Crippen molar-refractivity contribution in [2.45, 2.75) is 32.7 Å². The number of fused-ring (bicyclic) bond motifs is 1. The predicted molar refractivity (Wildman–Crippen MR) is 123 cm³/mol. The van der Waals surface area contributed by atoms with E-state index in [1.54, 1.807) is 0 Å². The lowest BCUT2D eigenvalue weighted by atomic mass is 9.94. The molecule has 2 aromatic rings. The van der Waals surface area contributed by atoms with Crippen LogP contribution in [0.5, 0.6) is 17.2 Å². The van der Waals surface area contributed by atoms with Crippen LogP contribution in [0.4, 0.5) is 5.69 Å². The molecular formula is C24H28N2O3S. The number of nitrogens with zero attached hydrogens (tertiary/aromatic N) is 1. The molecule has 0 saturated carbocycles. The molecule has 0 radical (unpaired) electrons. The van der Waals surface area contributed by atoms with E-state index < -0.39 is 0 Å². The van der Waals surface area contributed by atoms with Crippen LogP contribution in [0, 0.1) is 5.92 Å². The van der Waals surface area contributed by atoms with E-state index >= 15 is 0 Å². The van der Waals surface area contributed by atoms with Crippen molar-refractivity contribution in [3.8, 4) is 17.2 Å². The monoisotopic (exact) mass is 424 g/mol. The first kappa shape index (κ1) is 20.5. The summed E-state index contributed by atoms with van der Waals surface area (Å²) < 4.78 is 16.5. The van der Waals surface area contributed by atoms with Gasteiger partial charge in [0.2, 0.25) is 6.79 Å². The van der Waals surface area contributed by atoms with Crippen LogP contribution in [0.25, 0.3) is 0 Å². The molecule has 1 N–H and O–H groups in total. The molecule has 1 aliphatic carbocycles. The molecular weight excluding hydrogens is 396 g/mol. The Balaban J connectivity index is 1.47. The molecule has 1 heterocycles. The Hall–Kier alpha value is -2.73. The maximum absolute atomic E-state index is 5.82. The van der Waals surface area contributed by atoms with Gasteiger partial charge in [-0.1, -0.05) is 18.2 Å². The summed E-state index contributed by atoms with van der Waals surface area (Å²) in [6, 6.07) is 14.0. The first-order valence-electron chi connectivity index (χ1n) is 10.5. The average Bonchev–Trinajstić information content (AvgIpc) is 3.23. The van der Waals surface area contributed by atoms with E-state index in [1.807, 2.05) is 37.3 Å². The number of nitrogens with one attached hydrogen (secondary N) is 1. The molecule has 1 atom stereocenters. The minimum Gasteiger partial charge on any atom is -0.494 e. The first-order chi connectivity index (χ1) is 14.7. The number of allylic oxidation sites excluding steroid dienone is 2. The van der Waals surface area contributed by atoms with Crippen molar-refractivity contribution in [2.24, 2.45) is 5.92 Å². The second-order valence-corrected chi connectivity index (χ2v) is 7.99. The SMILES string of the molecule is CCOc1ccc(NC(=S)N(Cc2ccc3c(c2)OCO3)C[C@@H]2CC=CCC2)cc1. The third kappa shape index (κ3) is 5.25. The van der Waals surface area contributed by atoms with Gasteiger partial charge in [0, 0.05) is 18.8 Å². The lowest BCUT2D eigenvalue weighted by Gasteiger charge is -2.31. The third-order valence-corrected chi connectivity index (χ3v) is 5.73. The van der Waals surface area contributed by atoms with Crippen molar-refractivity contribution in [1.82, 2.24) is 4.90 Å². The summed E-state index contributed by atoms with van der Waals surface area (Å²) in [5, 5.41) is 4.13. The van der Waals surface area contributed by atoms with Gasteiger partial charge in [-0.25, -0.2) is 0 Å². The van der Waals surface area contributed by atoms with Gasteiger partial charge in [0.05, 0.1) is 6.61 Å². The van der Waals surface area contributed by atoms with Gasteiger partial charge in [-0.15, -0.1) is 0 Å². The van der Waals surface area contributed by atoms with Crippen LogP contribution in [0.3, 0.4) is 0 Å². The molecule has 158 valence electrons. The van der Waals surface area contributed by atoms with Gasteiger partial charge in [0.25, 0.3) is 0 Å². The number of hydrogen-bond donors (Lipinski definition) is 1. The minimum atomic E-state index is 0.286. The number of thiocarbonyl (C=S) groups is 1. The second-order valence-electron chi connectivity index (χ2n) is 7.61. The number of hydrogen-bond acceptors (Lipinski definition) is 4. The van der Waals surface area contributed by atoms with Gasteiger partial charge >= 0.3 is 0 Å². The zero-order chi connectivity index (χ0) is 20.8. The van der Waals surface area contributed by atoms with Crippen LogP contribution in [-0.2, 0) is 6.54 Å². The smallest absolute Gasteiger partial charge is 0.231 e. The molecule has 2 aliphatic rings. The van der Waals surface area contributed by atoms with Crippen LogP contribution < -0.4 is 19.5 Å². The minimum absolute atomic E-state index is 0.286. The van der Waals surface area contributed by atoms with Gasteiger partial charge < -0.3 is 24.4 Å². The Bertz CT molecular complexity index is 898. The summed E-state index contributed by atoms with van der Waals surface area (Å²) in [5.41, 5.74) is 2.11. The van der Waals surface area contributed by atoms with Gasteiger partial charge in [-0.2, -0.15) is 0 Å². The Morgan fingerprint density at radius 3 is 2.73 bits per heavy atom. The maximum Gasteiger partial charge on any atom is 0.231 e. The Morgan fingerprint density at radius 1 is 1.13 bits per heavy atom. The Labute approximate surface area is 183 Å². The summed E-state index contributed by atoms with van der Waals surface area (Å²) in [4.78, 5) is 2.26. The van der Waals surface area contributed by atoms with E-state index in [-0.39, 0.29) is 6.79 Å². The number of ether oxygens (including phenoxy) is 3. The fourth-order valence-corrected chi connectivity index (χ4v) is 4.07. The third-order valence-electron chi connectivity index (χ3n) is 5.37. The van der Waals surface area contributed by atoms with Gasteiger partial charge in [-0.05, 0) is 86.3 Å². The molecule has 5 nitrogen and oxygen atoms in total. The van der Waals surface area contributed by atoms with E-state index in [9.17, 15) is 0 Å². The second kappa shape index (κ2) is 9.85. The number of anilines is 1. The lowest BCUT2D eigenvalue weighted by Crippen LogP contribution is -2.38. The molecule has 0 bridgehead atoms. The molecule has 30 heavy (non-hydrogen) atoms. The molecule has 6 heteroatoms. The van der Waals surface area contributed by atoms with Crippen LogP contribution in [-0.4, -0.2) is 30.0 Å². The molecule has 2 aromatic carbocycles. The zero-order valence-corrected chi connectivity index (χ0v) is 18.1. The van der Waals surface area contributed by atoms with E-state index in [1.165, 1.54) is 6.42 Å². The van der Waals surface area contributed by atoms with Crippen molar-refractivity contribution >= 4 is 23.0 Å². The normalized spacial score (nSPS) is 16.9. The summed E-state index contributed by atoms with van der Waals surface area (Å²) in [5.74, 6) is 3.07. The summed E-state index contributed by atoms with van der Waals surface area (Å²) in [6.07, 6.45) is 8.00. The number of benzene rings is 2. The topological polar surface area (TPSA) is 43.0 Å². The maximum atomic E-state index is 5.82. The van der Waals surface area contributed by atoms with E-state index in [4.69, 9.17) is 26.4 Å². The highest BCUT2D eigenvalue weighted by Gasteiger charge is 2.20. The zero-order valence-electron chi connectivity index (χ0n) is 17.3. The van der Waals surface area contributed by atoms with Crippen LogP contribution in [0.2, 0.25) is 0 Å². The van der Waals surface area contributed by atoms with Crippen molar-refractivity contribution < 1.29 is 14.2 Å². The van der Waals surface area contributed by atoms with Crippen molar-refractivity contribution in [2.75, 3.05) is 25.3 Å². The van der Waals surface area contributed by atoms with Gasteiger partial charge in [0.1, 0.15) is 5.75 Å². The average molecular weight is 425 g/mol. The standard InChI is InChI=1S/C24H28N2O3S/c1-2-27-21-11-9-20(10-12-21)25-24(30)26(15-18-6-4-3-5-7-18)16-19-8-13-22-23(14-19)29-17-28-22/h3-4,8-14,18H,2,5-7,15-17H2,1H3,(H,25,30)/t18-/m1/s1. The fraction of sp³-hybridized carbons (Fsp3) is 0.375. The van der Waals surface area contributed by atoms with Crippen LogP contribution in [0.15, 0.2) is 54.6 Å². The first-order valence-corrected chi connectivity index (χ1v) is 10.9. The summed E-state index contributed by atoms with van der Waals surface area (Å²) >= 11 is 5.82. The molecule has 0 amide bonds. The Kier molecular flexibility index (Phi) is 6.74. The molecule has 4 rings (SSSR count). The fourth-order valence-electron chi connectivity index (χ4n) is 3.82. The van der Waals surface area contributed by atoms with Gasteiger partial charge in [0.15, 0.2) is 16.6 Å². The van der Waals surface area contributed by atoms with E-state index in [0.717, 1.165) is 59.5 Å². The predicted octanol–water partition coefficient (Wildman–Crippen LogP) is 5.37. The van der Waals surface area contributed by atoms with Crippen molar-refractivity contribution in [3.05, 3.63) is 60.2 Å². The van der Waals surface area contributed by atoms with E-state index in [0.29, 0.717) is 12.5 Å². The molecule has 0 aromatic heterocycles. The highest BCUT2D eigenvalue weighted by atomic mass is 32.1. The van der Waals surface area contributed by atoms with Gasteiger partial charge in [-0.3, -0.25) is 0 Å². The quantitative estimate of drug-likeness (QED) is 0.476. The molecule has 0 unspecified atom stereocenters. The molecule has 1 aliphatic heterocycles. The summed E-state index contributed by atoms with van der Waals surface area (Å²) in [6.45, 7) is 4.57. The largest absolute Gasteiger partial charge is 0.494 e. The molecule has 0 fully saturated rings. The van der Waals surface area contributed by atoms with Crippen molar-refractivity contribution in [1.29, 1.82) is 0 Å². The molecule has 0 spiro atoms. The van der Waals surface area contributed by atoms with E-state index in [2.05, 4.69) is 34.5 Å². The summed E-state index contributed by atoms with van der Waals surface area (Å²) in [7, 11) is 0. The lowest BCUT2D eigenvalue weighted by molar-refractivity contribution is 0.174. The molecule has 0 saturated heterocycles. The highest BCUT2D eigenvalue weighted by Crippen LogP contribution is 2.33. The van der Waals surface area contributed by atoms with Crippen LogP contribution >= 0.6 is 12.2 Å². The Morgan fingerprint density at radius 2 is 1.97 bits per heavy atom. The van der Waals surface area contributed by atoms with Crippen LogP contribution in [0.1, 0.15) is 31.7 Å². The number of rotatable bonds is 7. The van der Waals surface area contributed by atoms with Crippen molar-refractivity contribution in [3.63, 3.8) is 0 Å².